The van der Waals surface area contributed by atoms with E-state index in [2.05, 4.69) is 9.97 Å². The Morgan fingerprint density at radius 1 is 1.17 bits per heavy atom. The number of benzene rings is 2. The van der Waals surface area contributed by atoms with Crippen molar-refractivity contribution in [3.8, 4) is 17.0 Å². The molecule has 0 saturated carbocycles. The molecule has 2 aromatic heterocycles. The standard InChI is InChI=1S/C29H25ClF3N3O3S.ClH/c30-19-10-11-20(21(13-19)17-4-2-1-3-5-17)26(29(31,32)33)39-27-25-24(35-15-36-27)22(14-40-25)18-8-6-16(7-9-18)12-23(34)28(37)38;/h1-5,8,10-11,13-16,23,26H,6-7,9,12,34H2,(H,37,38);1H/t16?,23-,26?;/m0./s1. The van der Waals surface area contributed by atoms with Gasteiger partial charge in [0.05, 0.1) is 5.52 Å². The number of halogens is 5. The highest BCUT2D eigenvalue weighted by molar-refractivity contribution is 7.17. The van der Waals surface area contributed by atoms with Crippen molar-refractivity contribution in [3.05, 3.63) is 82.5 Å². The number of allylic oxidation sites excluding steroid dienone is 2. The van der Waals surface area contributed by atoms with Crippen LogP contribution in [0, 0.1) is 5.92 Å². The van der Waals surface area contributed by atoms with Gasteiger partial charge in [0.15, 0.2) is 0 Å². The van der Waals surface area contributed by atoms with E-state index in [1.54, 1.807) is 30.3 Å². The van der Waals surface area contributed by atoms with Crippen LogP contribution in [0.4, 0.5) is 13.2 Å². The summed E-state index contributed by atoms with van der Waals surface area (Å²) in [5, 5.41) is 11.2. The van der Waals surface area contributed by atoms with Crippen LogP contribution < -0.4 is 10.5 Å². The number of fused-ring (bicyclic) bond motifs is 1. The molecule has 3 atom stereocenters. The normalized spacial score (nSPS) is 16.9. The molecule has 2 aromatic carbocycles. The molecule has 0 fully saturated rings. The van der Waals surface area contributed by atoms with E-state index in [-0.39, 0.29) is 29.8 Å². The number of carboxylic acids is 1. The number of aliphatic carboxylic acids is 1. The third kappa shape index (κ3) is 6.83. The summed E-state index contributed by atoms with van der Waals surface area (Å²) < 4.78 is 49.6. The lowest BCUT2D eigenvalue weighted by Gasteiger charge is -2.24. The molecule has 0 bridgehead atoms. The first-order valence-electron chi connectivity index (χ1n) is 12.6. The van der Waals surface area contributed by atoms with Crippen molar-refractivity contribution in [3.63, 3.8) is 0 Å². The van der Waals surface area contributed by atoms with Crippen LogP contribution in [0.2, 0.25) is 5.02 Å². The SMILES string of the molecule is Cl.N[C@@H](CC1CC=C(c2csc3c(OC(c4ccc(Cl)cc4-c4ccccc4)C(F)(F)F)ncnc23)CC1)C(=O)O. The molecule has 0 radical (unpaired) electrons. The molecule has 0 saturated heterocycles. The summed E-state index contributed by atoms with van der Waals surface area (Å²) in [4.78, 5) is 19.6. The number of nitrogens with zero attached hydrogens (tertiary/aromatic N) is 2. The lowest BCUT2D eigenvalue weighted by atomic mass is 9.83. The van der Waals surface area contributed by atoms with Crippen LogP contribution in [0.15, 0.2) is 66.3 Å². The Bertz CT molecular complexity index is 1560. The van der Waals surface area contributed by atoms with Crippen LogP contribution >= 0.6 is 35.3 Å². The van der Waals surface area contributed by atoms with E-state index in [0.29, 0.717) is 45.6 Å². The predicted molar refractivity (Wildman–Crippen MR) is 157 cm³/mol. The van der Waals surface area contributed by atoms with E-state index in [9.17, 15) is 18.0 Å². The van der Waals surface area contributed by atoms with Crippen molar-refractivity contribution < 1.29 is 27.8 Å². The molecule has 3 N–H and O–H groups in total. The highest BCUT2D eigenvalue weighted by Crippen LogP contribution is 2.44. The van der Waals surface area contributed by atoms with Gasteiger partial charge in [0, 0.05) is 21.5 Å². The first-order valence-corrected chi connectivity index (χ1v) is 13.9. The second-order valence-corrected chi connectivity index (χ2v) is 11.0. The number of rotatable bonds is 8. The number of aromatic nitrogens is 2. The maximum Gasteiger partial charge on any atom is 0.429 e. The minimum absolute atomic E-state index is 0. The van der Waals surface area contributed by atoms with E-state index < -0.39 is 24.3 Å². The summed E-state index contributed by atoms with van der Waals surface area (Å²) in [5.74, 6) is -1.02. The molecular weight excluding hydrogens is 598 g/mol. The van der Waals surface area contributed by atoms with Crippen molar-refractivity contribution in [1.82, 2.24) is 9.97 Å². The fourth-order valence-corrected chi connectivity index (χ4v) is 6.14. The molecule has 0 aliphatic heterocycles. The Balaban J connectivity index is 0.00000387. The molecule has 12 heteroatoms. The van der Waals surface area contributed by atoms with Gasteiger partial charge < -0.3 is 15.6 Å². The van der Waals surface area contributed by atoms with Gasteiger partial charge in [0.1, 0.15) is 17.1 Å². The number of carboxylic acid groups (broad SMARTS) is 1. The summed E-state index contributed by atoms with van der Waals surface area (Å²) in [7, 11) is 0. The molecule has 6 nitrogen and oxygen atoms in total. The Hall–Kier alpha value is -3.18. The fraction of sp³-hybridized carbons (Fsp3) is 0.276. The lowest BCUT2D eigenvalue weighted by Crippen LogP contribution is -2.32. The van der Waals surface area contributed by atoms with Gasteiger partial charge in [0.25, 0.3) is 0 Å². The number of hydrogen-bond donors (Lipinski definition) is 2. The van der Waals surface area contributed by atoms with E-state index in [0.717, 1.165) is 17.6 Å². The van der Waals surface area contributed by atoms with Crippen LogP contribution in [0.25, 0.3) is 26.9 Å². The largest absolute Gasteiger partial charge is 0.480 e. The third-order valence-electron chi connectivity index (χ3n) is 7.00. The number of carbonyl (C=O) groups is 1. The van der Waals surface area contributed by atoms with E-state index in [1.165, 1.54) is 35.9 Å². The average Bonchev–Trinajstić information content (AvgIpc) is 3.37. The molecular formula is C29H26Cl2F3N3O3S. The van der Waals surface area contributed by atoms with Gasteiger partial charge in [-0.2, -0.15) is 13.2 Å². The summed E-state index contributed by atoms with van der Waals surface area (Å²) in [6.45, 7) is 0. The maximum absolute atomic E-state index is 14.5. The van der Waals surface area contributed by atoms with Gasteiger partial charge in [-0.15, -0.1) is 23.7 Å². The summed E-state index contributed by atoms with van der Waals surface area (Å²) in [6, 6.07) is 12.0. The quantitative estimate of drug-likeness (QED) is 0.206. The average molecular weight is 625 g/mol. The van der Waals surface area contributed by atoms with Crippen molar-refractivity contribution in [2.75, 3.05) is 0 Å². The van der Waals surface area contributed by atoms with Crippen LogP contribution in [0.1, 0.15) is 42.9 Å². The molecule has 4 aromatic rings. The highest BCUT2D eigenvalue weighted by Gasteiger charge is 2.45. The first kappa shape index (κ1) is 30.8. The number of ether oxygens (including phenoxy) is 1. The minimum atomic E-state index is -4.74. The Labute approximate surface area is 249 Å². The summed E-state index contributed by atoms with van der Waals surface area (Å²) in [6.07, 6.45) is -1.31. The molecule has 5 rings (SSSR count). The van der Waals surface area contributed by atoms with Gasteiger partial charge in [-0.3, -0.25) is 4.79 Å². The van der Waals surface area contributed by atoms with Crippen LogP contribution in [0.5, 0.6) is 5.88 Å². The minimum Gasteiger partial charge on any atom is -0.480 e. The van der Waals surface area contributed by atoms with Crippen molar-refractivity contribution >= 4 is 57.1 Å². The Morgan fingerprint density at radius 3 is 2.59 bits per heavy atom. The second kappa shape index (κ2) is 12.8. The second-order valence-electron chi connectivity index (χ2n) is 9.69. The molecule has 0 amide bonds. The maximum atomic E-state index is 14.5. The van der Waals surface area contributed by atoms with E-state index in [1.807, 2.05) is 11.5 Å². The highest BCUT2D eigenvalue weighted by atomic mass is 35.5. The van der Waals surface area contributed by atoms with Gasteiger partial charge in [-0.05, 0) is 60.4 Å². The topological polar surface area (TPSA) is 98.3 Å². The Kier molecular flexibility index (Phi) is 9.59. The molecule has 2 heterocycles. The van der Waals surface area contributed by atoms with Gasteiger partial charge >= 0.3 is 12.1 Å². The zero-order valence-corrected chi connectivity index (χ0v) is 23.9. The van der Waals surface area contributed by atoms with Crippen molar-refractivity contribution in [2.24, 2.45) is 11.7 Å². The van der Waals surface area contributed by atoms with Gasteiger partial charge in [0.2, 0.25) is 12.0 Å². The molecule has 1 aliphatic carbocycles. The number of hydrogen-bond acceptors (Lipinski definition) is 6. The van der Waals surface area contributed by atoms with Crippen molar-refractivity contribution in [2.45, 2.75) is 44.0 Å². The van der Waals surface area contributed by atoms with Crippen LogP contribution in [-0.2, 0) is 4.79 Å². The number of alkyl halides is 3. The first-order chi connectivity index (χ1) is 19.1. The molecule has 41 heavy (non-hydrogen) atoms. The third-order valence-corrected chi connectivity index (χ3v) is 8.19. The van der Waals surface area contributed by atoms with Gasteiger partial charge in [-0.1, -0.05) is 54.1 Å². The fourth-order valence-electron chi connectivity index (χ4n) is 4.99. The molecule has 2 unspecified atom stereocenters. The zero-order chi connectivity index (χ0) is 28.4. The van der Waals surface area contributed by atoms with Crippen molar-refractivity contribution in [1.29, 1.82) is 0 Å². The van der Waals surface area contributed by atoms with Gasteiger partial charge in [-0.25, -0.2) is 9.97 Å². The van der Waals surface area contributed by atoms with Crippen LogP contribution in [0.3, 0.4) is 0 Å². The van der Waals surface area contributed by atoms with Crippen LogP contribution in [-0.4, -0.2) is 33.3 Å². The molecule has 0 spiro atoms. The summed E-state index contributed by atoms with van der Waals surface area (Å²) in [5.41, 5.74) is 8.85. The monoisotopic (exact) mass is 623 g/mol. The van der Waals surface area contributed by atoms with E-state index >= 15 is 0 Å². The molecule has 216 valence electrons. The smallest absolute Gasteiger partial charge is 0.429 e. The lowest BCUT2D eigenvalue weighted by molar-refractivity contribution is -0.198. The van der Waals surface area contributed by atoms with E-state index in [4.69, 9.17) is 27.2 Å². The number of thiophene rings is 1. The number of nitrogens with two attached hydrogens (primary N) is 1. The zero-order valence-electron chi connectivity index (χ0n) is 21.5. The summed E-state index contributed by atoms with van der Waals surface area (Å²) >= 11 is 7.39. The molecule has 1 aliphatic rings. The Morgan fingerprint density at radius 2 is 1.93 bits per heavy atom. The predicted octanol–water partition coefficient (Wildman–Crippen LogP) is 8.10.